The maximum absolute atomic E-state index is 6.52. The van der Waals surface area contributed by atoms with Crippen molar-refractivity contribution in [1.29, 1.82) is 0 Å². The van der Waals surface area contributed by atoms with Gasteiger partial charge < -0.3 is 14.4 Å². The summed E-state index contributed by atoms with van der Waals surface area (Å²) in [6.07, 6.45) is 7.49. The SMILES string of the molecule is Cc1c[c-]c(-c2cc(-c3ccccc3)c(C)cn2)cc1.Cc1cc(-c2cccc3c2oc2c(-c4ccccn4)[c-]ccc23)c2cnccc2c1.[Ir]. The molecule has 0 fully saturated rings. The van der Waals surface area contributed by atoms with Gasteiger partial charge in [0, 0.05) is 61.2 Å². The number of fused-ring (bicyclic) bond motifs is 4. The van der Waals surface area contributed by atoms with Gasteiger partial charge in [-0.3, -0.25) is 4.98 Å². The average molecular weight is 836 g/mol. The summed E-state index contributed by atoms with van der Waals surface area (Å²) in [7, 11) is 0. The van der Waals surface area contributed by atoms with Gasteiger partial charge in [0.15, 0.2) is 0 Å². The van der Waals surface area contributed by atoms with Crippen LogP contribution < -0.4 is 0 Å². The first-order valence-corrected chi connectivity index (χ1v) is 16.7. The molecule has 0 amide bonds. The quantitative estimate of drug-likeness (QED) is 0.166. The Kier molecular flexibility index (Phi) is 9.67. The van der Waals surface area contributed by atoms with Gasteiger partial charge in [-0.1, -0.05) is 96.7 Å². The number of rotatable bonds is 4. The molecule has 0 saturated heterocycles. The molecule has 0 aliphatic rings. The van der Waals surface area contributed by atoms with E-state index in [4.69, 9.17) is 4.42 Å². The minimum absolute atomic E-state index is 0. The topological polar surface area (TPSA) is 51.8 Å². The second-order valence-corrected chi connectivity index (χ2v) is 12.5. The first-order chi connectivity index (χ1) is 24.5. The van der Waals surface area contributed by atoms with Crippen LogP contribution in [0.2, 0.25) is 0 Å². The zero-order valence-electron chi connectivity index (χ0n) is 28.4. The molecule has 4 nitrogen and oxygen atoms in total. The Hall–Kier alpha value is -5.74. The third-order valence-electron chi connectivity index (χ3n) is 9.00. The molecule has 1 radical (unpaired) electrons. The van der Waals surface area contributed by atoms with Crippen molar-refractivity contribution in [3.05, 3.63) is 175 Å². The van der Waals surface area contributed by atoms with Crippen molar-refractivity contribution in [2.24, 2.45) is 0 Å². The summed E-state index contributed by atoms with van der Waals surface area (Å²) in [5.74, 6) is 0. The average Bonchev–Trinajstić information content (AvgIpc) is 3.55. The zero-order chi connectivity index (χ0) is 34.0. The minimum atomic E-state index is 0. The van der Waals surface area contributed by atoms with E-state index in [0.29, 0.717) is 0 Å². The Morgan fingerprint density at radius 1 is 0.569 bits per heavy atom. The van der Waals surface area contributed by atoms with Crippen LogP contribution in [0.15, 0.2) is 151 Å². The fourth-order valence-electron chi connectivity index (χ4n) is 6.51. The molecular weight excluding hydrogens is 803 g/mol. The van der Waals surface area contributed by atoms with Gasteiger partial charge in [0.2, 0.25) is 0 Å². The Bertz CT molecular complexity index is 2610. The monoisotopic (exact) mass is 836 g/mol. The van der Waals surface area contributed by atoms with Gasteiger partial charge in [-0.05, 0) is 70.6 Å². The molecule has 51 heavy (non-hydrogen) atoms. The number of aryl methyl sites for hydroxylation is 3. The number of aromatic nitrogens is 3. The van der Waals surface area contributed by atoms with Crippen molar-refractivity contribution in [3.8, 4) is 44.8 Å². The Morgan fingerprint density at radius 3 is 2.22 bits per heavy atom. The molecular formula is C46H33IrN3O-2. The Labute approximate surface area is 311 Å². The fourth-order valence-corrected chi connectivity index (χ4v) is 6.51. The van der Waals surface area contributed by atoms with Gasteiger partial charge in [0.05, 0.1) is 5.58 Å². The maximum Gasteiger partial charge on any atom is 0.128 e. The molecule has 0 bridgehead atoms. The van der Waals surface area contributed by atoms with Crippen LogP contribution in [0.25, 0.3) is 77.5 Å². The number of hydrogen-bond donors (Lipinski definition) is 0. The Morgan fingerprint density at radius 2 is 1.41 bits per heavy atom. The van der Waals surface area contributed by atoms with Gasteiger partial charge in [0.1, 0.15) is 5.58 Å². The number of nitrogens with zero attached hydrogens (tertiary/aromatic N) is 3. The second-order valence-electron chi connectivity index (χ2n) is 12.5. The van der Waals surface area contributed by atoms with Gasteiger partial charge >= 0.3 is 0 Å². The van der Waals surface area contributed by atoms with Crippen LogP contribution in [0, 0.1) is 32.9 Å². The van der Waals surface area contributed by atoms with Crippen LogP contribution in [0.3, 0.4) is 0 Å². The molecule has 0 aliphatic heterocycles. The maximum atomic E-state index is 6.52. The van der Waals surface area contributed by atoms with E-state index in [1.54, 1.807) is 6.20 Å². The van der Waals surface area contributed by atoms with Crippen LogP contribution in [-0.4, -0.2) is 15.0 Å². The molecule has 9 aromatic rings. The van der Waals surface area contributed by atoms with E-state index in [1.807, 2.05) is 55.0 Å². The molecule has 5 heteroatoms. The fraction of sp³-hybridized carbons (Fsp3) is 0.0652. The van der Waals surface area contributed by atoms with Crippen molar-refractivity contribution in [1.82, 2.24) is 15.0 Å². The Balaban J connectivity index is 0.000000169. The van der Waals surface area contributed by atoms with E-state index in [0.717, 1.165) is 61.0 Å². The standard InChI is InChI=1S/C27H17N2O.C19H16N.Ir/c1-17-14-18-11-13-28-16-24(18)23(15-17)21-8-4-6-19-20-7-5-9-22(27(20)30-26(19)21)25-10-2-3-12-29-25;1-14-8-10-17(11-9-14)19-12-18(15(2)13-20-19)16-6-4-3-5-7-16;/h2-8,10-16H,1H3;3-10,12-13H,1-2H3;/q2*-1;. The molecule has 0 saturated carbocycles. The van der Waals surface area contributed by atoms with Crippen LogP contribution >= 0.6 is 0 Å². The van der Waals surface area contributed by atoms with E-state index >= 15 is 0 Å². The van der Waals surface area contributed by atoms with E-state index in [-0.39, 0.29) is 20.1 Å². The van der Waals surface area contributed by atoms with Crippen molar-refractivity contribution < 1.29 is 24.5 Å². The van der Waals surface area contributed by atoms with Gasteiger partial charge in [-0.15, -0.1) is 53.6 Å². The molecule has 0 N–H and O–H groups in total. The number of hydrogen-bond acceptors (Lipinski definition) is 4. The predicted octanol–water partition coefficient (Wildman–Crippen LogP) is 11.8. The summed E-state index contributed by atoms with van der Waals surface area (Å²) in [5, 5.41) is 4.46. The van der Waals surface area contributed by atoms with Crippen LogP contribution in [0.4, 0.5) is 0 Å². The third-order valence-corrected chi connectivity index (χ3v) is 9.00. The molecule has 0 unspecified atom stereocenters. The molecule has 0 aliphatic carbocycles. The molecule has 0 atom stereocenters. The summed E-state index contributed by atoms with van der Waals surface area (Å²) in [6, 6.07) is 48.0. The molecule has 4 heterocycles. The number of pyridine rings is 3. The first kappa shape index (κ1) is 33.7. The largest absolute Gasteiger partial charge is 0.500 e. The normalized spacial score (nSPS) is 10.9. The van der Waals surface area contributed by atoms with Gasteiger partial charge in [0.25, 0.3) is 0 Å². The molecule has 0 spiro atoms. The van der Waals surface area contributed by atoms with E-state index in [9.17, 15) is 0 Å². The van der Waals surface area contributed by atoms with Crippen molar-refractivity contribution >= 4 is 32.7 Å². The van der Waals surface area contributed by atoms with Crippen LogP contribution in [0.5, 0.6) is 0 Å². The van der Waals surface area contributed by atoms with Crippen molar-refractivity contribution in [2.75, 3.05) is 0 Å². The molecule has 9 rings (SSSR count). The number of benzene rings is 5. The smallest absolute Gasteiger partial charge is 0.128 e. The van der Waals surface area contributed by atoms with E-state index < -0.39 is 0 Å². The second kappa shape index (κ2) is 14.6. The summed E-state index contributed by atoms with van der Waals surface area (Å²) < 4.78 is 6.52. The van der Waals surface area contributed by atoms with Crippen molar-refractivity contribution in [2.45, 2.75) is 20.8 Å². The number of para-hydroxylation sites is 1. The molecule has 4 aromatic heterocycles. The van der Waals surface area contributed by atoms with E-state index in [2.05, 4.69) is 133 Å². The van der Waals surface area contributed by atoms with Crippen LogP contribution in [-0.2, 0) is 20.1 Å². The van der Waals surface area contributed by atoms with Gasteiger partial charge in [-0.25, -0.2) is 0 Å². The van der Waals surface area contributed by atoms with E-state index in [1.165, 1.54) is 33.2 Å². The third kappa shape index (κ3) is 6.74. The van der Waals surface area contributed by atoms with Crippen molar-refractivity contribution in [3.63, 3.8) is 0 Å². The summed E-state index contributed by atoms with van der Waals surface area (Å²) in [6.45, 7) is 6.28. The summed E-state index contributed by atoms with van der Waals surface area (Å²) in [5.41, 5.74) is 13.7. The minimum Gasteiger partial charge on any atom is -0.500 e. The summed E-state index contributed by atoms with van der Waals surface area (Å²) in [4.78, 5) is 13.4. The molecule has 249 valence electrons. The number of furan rings is 1. The first-order valence-electron chi connectivity index (χ1n) is 16.7. The van der Waals surface area contributed by atoms with Gasteiger partial charge in [-0.2, -0.15) is 0 Å². The van der Waals surface area contributed by atoms with Crippen LogP contribution in [0.1, 0.15) is 16.7 Å². The summed E-state index contributed by atoms with van der Waals surface area (Å²) >= 11 is 0. The zero-order valence-corrected chi connectivity index (χ0v) is 30.8. The molecule has 5 aromatic carbocycles. The predicted molar refractivity (Wildman–Crippen MR) is 205 cm³/mol.